The minimum absolute atomic E-state index is 0.00434. The van der Waals surface area contributed by atoms with Gasteiger partial charge in [0.25, 0.3) is 0 Å². The number of hydrogen-bond donors (Lipinski definition) is 4. The summed E-state index contributed by atoms with van der Waals surface area (Å²) in [6.45, 7) is 12.0. The third kappa shape index (κ3) is 9.06. The topological polar surface area (TPSA) is 179 Å². The lowest BCUT2D eigenvalue weighted by molar-refractivity contribution is -0.144. The van der Waals surface area contributed by atoms with E-state index in [0.717, 1.165) is 32.9 Å². The van der Waals surface area contributed by atoms with Crippen LogP contribution in [0.1, 0.15) is 51.4 Å². The summed E-state index contributed by atoms with van der Waals surface area (Å²) < 4.78 is 5.51. The Morgan fingerprint density at radius 2 is 1.75 bits per heavy atom. The number of anilines is 2. The van der Waals surface area contributed by atoms with Gasteiger partial charge < -0.3 is 36.0 Å². The van der Waals surface area contributed by atoms with Gasteiger partial charge in [-0.05, 0) is 48.6 Å². The van der Waals surface area contributed by atoms with Crippen LogP contribution < -0.4 is 26.0 Å². The summed E-state index contributed by atoms with van der Waals surface area (Å²) in [5.74, 6) is -0.0366. The van der Waals surface area contributed by atoms with Crippen molar-refractivity contribution in [2.75, 3.05) is 57.0 Å². The van der Waals surface area contributed by atoms with E-state index in [1.807, 2.05) is 99.6 Å². The number of hydrogen-bond acceptors (Lipinski definition) is 12. The summed E-state index contributed by atoms with van der Waals surface area (Å²) in [5, 5.41) is 25.2. The lowest BCUT2D eigenvalue weighted by Crippen LogP contribution is -2.59. The summed E-state index contributed by atoms with van der Waals surface area (Å²) in [6, 6.07) is 15.3. The number of rotatable bonds is 11. The molecule has 5 N–H and O–H groups in total. The van der Waals surface area contributed by atoms with Crippen LogP contribution in [0.15, 0.2) is 60.1 Å². The zero-order valence-corrected chi connectivity index (χ0v) is 33.1. The number of ether oxygens (including phenoxy) is 1. The molecule has 0 spiro atoms. The van der Waals surface area contributed by atoms with Gasteiger partial charge in [0, 0.05) is 44.7 Å². The second-order valence-corrected chi connectivity index (χ2v) is 16.2. The zero-order valence-electron chi connectivity index (χ0n) is 32.3. The van der Waals surface area contributed by atoms with Gasteiger partial charge in [0.1, 0.15) is 17.8 Å². The Hall–Kier alpha value is -5.12. The number of aromatic nitrogens is 3. The molecule has 2 aliphatic rings. The number of thiazole rings is 1. The van der Waals surface area contributed by atoms with Gasteiger partial charge in [0.05, 0.1) is 53.3 Å². The van der Waals surface area contributed by atoms with Crippen LogP contribution in [0.25, 0.3) is 21.7 Å². The first kappa shape index (κ1) is 39.6. The summed E-state index contributed by atoms with van der Waals surface area (Å²) >= 11 is 1.58. The van der Waals surface area contributed by atoms with Crippen LogP contribution >= 0.6 is 11.3 Å². The number of para-hydroxylation sites is 1. The van der Waals surface area contributed by atoms with Crippen molar-refractivity contribution in [2.45, 2.75) is 65.3 Å². The number of aliphatic hydroxyl groups excluding tert-OH is 1. The molecule has 55 heavy (non-hydrogen) atoms. The number of benzene rings is 2. The molecule has 0 unspecified atom stereocenters. The molecule has 4 aromatic rings. The number of carbonyl (C=O) groups is 3. The molecule has 0 saturated carbocycles. The number of amides is 3. The highest BCUT2D eigenvalue weighted by Gasteiger charge is 2.45. The molecule has 292 valence electrons. The number of nitrogens with two attached hydrogens (primary N) is 1. The van der Waals surface area contributed by atoms with Crippen molar-refractivity contribution in [3.8, 4) is 27.4 Å². The van der Waals surface area contributed by atoms with Gasteiger partial charge in [-0.2, -0.15) is 0 Å². The maximum atomic E-state index is 14.2. The molecule has 4 heterocycles. The van der Waals surface area contributed by atoms with E-state index in [4.69, 9.17) is 10.5 Å². The Kier molecular flexibility index (Phi) is 12.0. The quantitative estimate of drug-likeness (QED) is 0.175. The lowest BCUT2D eigenvalue weighted by atomic mass is 9.85. The molecule has 2 saturated heterocycles. The number of nitrogen functional groups attached to an aromatic ring is 1. The molecule has 2 aromatic carbocycles. The van der Waals surface area contributed by atoms with Crippen LogP contribution in [0.3, 0.4) is 0 Å². The highest BCUT2D eigenvalue weighted by molar-refractivity contribution is 7.13. The Labute approximate surface area is 326 Å². The number of piperazine rings is 1. The van der Waals surface area contributed by atoms with Gasteiger partial charge in [0.2, 0.25) is 17.7 Å². The largest absolute Gasteiger partial charge is 0.496 e. The van der Waals surface area contributed by atoms with Crippen molar-refractivity contribution in [1.82, 2.24) is 35.6 Å². The molecule has 0 radical (unpaired) electrons. The van der Waals surface area contributed by atoms with Gasteiger partial charge in [-0.3, -0.25) is 19.3 Å². The maximum absolute atomic E-state index is 14.2. The van der Waals surface area contributed by atoms with E-state index in [1.165, 1.54) is 4.90 Å². The second-order valence-electron chi connectivity index (χ2n) is 15.3. The fraction of sp³-hybridized carbons (Fsp3) is 0.450. The highest BCUT2D eigenvalue weighted by atomic mass is 32.1. The zero-order chi connectivity index (χ0) is 39.4. The average molecular weight is 770 g/mol. The van der Waals surface area contributed by atoms with Crippen LogP contribution in [-0.4, -0.2) is 112 Å². The molecule has 15 heteroatoms. The van der Waals surface area contributed by atoms with Crippen LogP contribution in [0.2, 0.25) is 0 Å². The first-order valence-electron chi connectivity index (χ1n) is 18.6. The number of aryl methyl sites for hydroxylation is 1. The first-order valence-corrected chi connectivity index (χ1v) is 19.4. The summed E-state index contributed by atoms with van der Waals surface area (Å²) in [6.07, 6.45) is -0.749. The molecule has 2 aromatic heterocycles. The van der Waals surface area contributed by atoms with Crippen molar-refractivity contribution in [1.29, 1.82) is 0 Å². The number of aliphatic hydroxyl groups is 1. The smallest absolute Gasteiger partial charge is 0.246 e. The van der Waals surface area contributed by atoms with Crippen molar-refractivity contribution < 1.29 is 24.2 Å². The van der Waals surface area contributed by atoms with E-state index in [0.29, 0.717) is 43.4 Å². The molecular weight excluding hydrogens is 719 g/mol. The molecule has 3 amide bonds. The number of likely N-dealkylation sites (tertiary alicyclic amines) is 1. The van der Waals surface area contributed by atoms with Crippen LogP contribution in [0.4, 0.5) is 11.5 Å². The van der Waals surface area contributed by atoms with Gasteiger partial charge in [-0.15, -0.1) is 21.5 Å². The predicted molar refractivity (Wildman–Crippen MR) is 213 cm³/mol. The van der Waals surface area contributed by atoms with Crippen molar-refractivity contribution in [3.63, 3.8) is 0 Å². The molecule has 2 fully saturated rings. The standard InChI is InChI=1S/C40H51N9O5S/c1-24(26-11-13-27(14-12-26)35-25(2)42-23-55-35)43-38(52)32-19-28(50)21-49(32)39(53)36(40(3,4)5)44-34(51)22-47-15-17-48(18-16-47)31-20-30(45-46-37(31)41)29-9-7-8-10-33(29)54-6/h7-14,20,23-24,28,32,36,50H,15-19,21-22H2,1-6H3,(H2,41,46)(H,43,52)(H,44,51)/t24-,28+,32-,36+/m0/s1. The molecule has 2 aliphatic heterocycles. The van der Waals surface area contributed by atoms with E-state index >= 15 is 0 Å². The molecular formula is C40H51N9O5S. The summed E-state index contributed by atoms with van der Waals surface area (Å²) in [4.78, 5) is 52.4. The number of nitrogens with zero attached hydrogens (tertiary/aromatic N) is 6. The van der Waals surface area contributed by atoms with Gasteiger partial charge in [-0.25, -0.2) is 4.98 Å². The van der Waals surface area contributed by atoms with Gasteiger partial charge in [-0.1, -0.05) is 57.2 Å². The summed E-state index contributed by atoms with van der Waals surface area (Å²) in [7, 11) is 1.61. The number of carbonyl (C=O) groups excluding carboxylic acids is 3. The molecule has 0 aliphatic carbocycles. The predicted octanol–water partition coefficient (Wildman–Crippen LogP) is 3.66. The highest BCUT2D eigenvalue weighted by Crippen LogP contribution is 2.33. The van der Waals surface area contributed by atoms with Crippen molar-refractivity contribution in [3.05, 3.63) is 71.4 Å². The van der Waals surface area contributed by atoms with Crippen molar-refractivity contribution >= 4 is 40.6 Å². The minimum Gasteiger partial charge on any atom is -0.496 e. The Bertz CT molecular complexity index is 1990. The fourth-order valence-electron chi connectivity index (χ4n) is 7.20. The molecule has 0 bridgehead atoms. The first-order chi connectivity index (χ1) is 26.2. The van der Waals surface area contributed by atoms with Crippen LogP contribution in [0.5, 0.6) is 5.75 Å². The third-order valence-corrected chi connectivity index (χ3v) is 11.3. The van der Waals surface area contributed by atoms with E-state index in [-0.39, 0.29) is 37.4 Å². The van der Waals surface area contributed by atoms with Gasteiger partial charge in [0.15, 0.2) is 5.82 Å². The van der Waals surface area contributed by atoms with E-state index < -0.39 is 29.5 Å². The third-order valence-electron chi connectivity index (χ3n) is 10.3. The summed E-state index contributed by atoms with van der Waals surface area (Å²) in [5.41, 5.74) is 12.6. The second kappa shape index (κ2) is 16.7. The normalized spacial score (nSPS) is 18.8. The molecule has 6 rings (SSSR count). The fourth-order valence-corrected chi connectivity index (χ4v) is 8.02. The number of nitrogens with one attached hydrogen (secondary N) is 2. The lowest BCUT2D eigenvalue weighted by Gasteiger charge is -2.38. The Morgan fingerprint density at radius 1 is 1.04 bits per heavy atom. The van der Waals surface area contributed by atoms with E-state index in [9.17, 15) is 19.5 Å². The van der Waals surface area contributed by atoms with Gasteiger partial charge >= 0.3 is 0 Å². The molecule has 4 atom stereocenters. The number of methoxy groups -OCH3 is 1. The average Bonchev–Trinajstić information content (AvgIpc) is 3.79. The maximum Gasteiger partial charge on any atom is 0.246 e. The SMILES string of the molecule is COc1ccccc1-c1cc(N2CCN(CC(=O)N[C@H](C(=O)N3C[C@H](O)C[C@H]3C(=O)N[C@@H](C)c3ccc(-c4scnc4C)cc3)C(C)(C)C)CC2)c(N)nn1. The van der Waals surface area contributed by atoms with E-state index in [1.54, 1.807) is 18.4 Å². The molecule has 14 nitrogen and oxygen atoms in total. The van der Waals surface area contributed by atoms with Crippen molar-refractivity contribution in [2.24, 2.45) is 5.41 Å². The van der Waals surface area contributed by atoms with Crippen LogP contribution in [0, 0.1) is 12.3 Å². The minimum atomic E-state index is -0.918. The Balaban J connectivity index is 1.06. The monoisotopic (exact) mass is 769 g/mol. The number of β-amino-alcohol motifs (C(OH)–C–C–N with tert-alkyl or cyclic N) is 1. The van der Waals surface area contributed by atoms with Crippen LogP contribution in [-0.2, 0) is 14.4 Å². The Morgan fingerprint density at radius 3 is 2.40 bits per heavy atom. The van der Waals surface area contributed by atoms with E-state index in [2.05, 4.69) is 30.7 Å².